The van der Waals surface area contributed by atoms with Gasteiger partial charge in [-0.05, 0) is 19.1 Å². The molecule has 18 heavy (non-hydrogen) atoms. The van der Waals surface area contributed by atoms with E-state index in [4.69, 9.17) is 23.2 Å². The molecule has 0 amide bonds. The number of imidazole rings is 1. The average Bonchev–Trinajstić information content (AvgIpc) is 2.80. The summed E-state index contributed by atoms with van der Waals surface area (Å²) in [6.07, 6.45) is 3.59. The molecule has 0 radical (unpaired) electrons. The molecule has 0 bridgehead atoms. The van der Waals surface area contributed by atoms with Crippen molar-refractivity contribution in [1.29, 1.82) is 0 Å². The summed E-state index contributed by atoms with van der Waals surface area (Å²) in [5.41, 5.74) is 1.82. The normalized spacial score (nSPS) is 10.6. The number of benzene rings is 1. The molecule has 96 valence electrons. The largest absolute Gasteiger partial charge is 0.505 e. The summed E-state index contributed by atoms with van der Waals surface area (Å²) < 4.78 is 2.04. The summed E-state index contributed by atoms with van der Waals surface area (Å²) in [6, 6.07) is 3.27. The number of anilines is 1. The number of hydrogen-bond acceptors (Lipinski definition) is 3. The Balaban J connectivity index is 2.11. The summed E-state index contributed by atoms with van der Waals surface area (Å²) in [5.74, 6) is -0.0949. The van der Waals surface area contributed by atoms with E-state index in [1.807, 2.05) is 4.57 Å². The minimum absolute atomic E-state index is 0.0949. The zero-order valence-corrected chi connectivity index (χ0v) is 11.3. The third-order valence-corrected chi connectivity index (χ3v) is 3.21. The van der Waals surface area contributed by atoms with E-state index in [0.29, 0.717) is 6.54 Å². The fraction of sp³-hybridized carbons (Fsp3) is 0.250. The number of nitrogens with zero attached hydrogens (tertiary/aromatic N) is 2. The van der Waals surface area contributed by atoms with Crippen molar-refractivity contribution < 1.29 is 5.11 Å². The first-order valence-electron chi connectivity index (χ1n) is 5.52. The third kappa shape index (κ3) is 2.71. The number of rotatable bonds is 4. The van der Waals surface area contributed by atoms with Crippen LogP contribution in [0.5, 0.6) is 5.75 Å². The molecule has 0 aliphatic heterocycles. The number of nitrogens with one attached hydrogen (secondary N) is 1. The first kappa shape index (κ1) is 13.1. The van der Waals surface area contributed by atoms with Crippen molar-refractivity contribution in [3.05, 3.63) is 40.4 Å². The standard InChI is InChI=1S/C12H13Cl2N3O/c1-2-17-7-15-5-9(17)6-16-8-3-10(13)12(18)11(14)4-8/h3-5,7,16,18H,2,6H2,1H3. The van der Waals surface area contributed by atoms with Crippen molar-refractivity contribution in [2.45, 2.75) is 20.0 Å². The molecule has 2 aromatic rings. The van der Waals surface area contributed by atoms with Crippen molar-refractivity contribution in [2.75, 3.05) is 5.32 Å². The van der Waals surface area contributed by atoms with E-state index in [-0.39, 0.29) is 15.8 Å². The molecule has 0 aliphatic carbocycles. The first-order chi connectivity index (χ1) is 8.61. The monoisotopic (exact) mass is 285 g/mol. The minimum Gasteiger partial charge on any atom is -0.505 e. The van der Waals surface area contributed by atoms with Gasteiger partial charge >= 0.3 is 0 Å². The van der Waals surface area contributed by atoms with Crippen LogP contribution in [-0.2, 0) is 13.1 Å². The van der Waals surface area contributed by atoms with Gasteiger partial charge in [0.1, 0.15) is 0 Å². The Kier molecular flexibility index (Phi) is 3.99. The predicted octanol–water partition coefficient (Wildman–Crippen LogP) is 3.53. The Morgan fingerprint density at radius 1 is 1.33 bits per heavy atom. The maximum atomic E-state index is 9.46. The van der Waals surface area contributed by atoms with Crippen LogP contribution in [0.3, 0.4) is 0 Å². The van der Waals surface area contributed by atoms with Gasteiger partial charge in [0.2, 0.25) is 0 Å². The van der Waals surface area contributed by atoms with Crippen molar-refractivity contribution >= 4 is 28.9 Å². The average molecular weight is 286 g/mol. The highest BCUT2D eigenvalue weighted by atomic mass is 35.5. The molecule has 0 aliphatic rings. The van der Waals surface area contributed by atoms with Crippen LogP contribution in [0, 0.1) is 0 Å². The van der Waals surface area contributed by atoms with Crippen LogP contribution >= 0.6 is 23.2 Å². The van der Waals surface area contributed by atoms with Gasteiger partial charge in [0, 0.05) is 18.4 Å². The number of aryl methyl sites for hydroxylation is 1. The highest BCUT2D eigenvalue weighted by Crippen LogP contribution is 2.34. The Morgan fingerprint density at radius 2 is 2.00 bits per heavy atom. The van der Waals surface area contributed by atoms with E-state index >= 15 is 0 Å². The van der Waals surface area contributed by atoms with Crippen molar-refractivity contribution in [3.8, 4) is 5.75 Å². The molecule has 0 unspecified atom stereocenters. The number of phenolic OH excluding ortho intramolecular Hbond substituents is 1. The predicted molar refractivity (Wildman–Crippen MR) is 73.4 cm³/mol. The molecular weight excluding hydrogens is 273 g/mol. The third-order valence-electron chi connectivity index (χ3n) is 2.63. The second-order valence-electron chi connectivity index (χ2n) is 3.81. The number of aromatic hydroxyl groups is 1. The maximum absolute atomic E-state index is 9.46. The molecule has 4 nitrogen and oxygen atoms in total. The molecule has 2 N–H and O–H groups in total. The van der Waals surface area contributed by atoms with Crippen LogP contribution < -0.4 is 5.32 Å². The lowest BCUT2D eigenvalue weighted by Gasteiger charge is -2.10. The molecule has 0 saturated heterocycles. The van der Waals surface area contributed by atoms with E-state index in [9.17, 15) is 5.11 Å². The molecule has 0 fully saturated rings. The SMILES string of the molecule is CCn1cncc1CNc1cc(Cl)c(O)c(Cl)c1. The summed E-state index contributed by atoms with van der Waals surface area (Å²) in [7, 11) is 0. The van der Waals surface area contributed by atoms with Crippen molar-refractivity contribution in [1.82, 2.24) is 9.55 Å². The molecule has 1 aromatic carbocycles. The van der Waals surface area contributed by atoms with E-state index < -0.39 is 0 Å². The summed E-state index contributed by atoms with van der Waals surface area (Å²) in [5, 5.41) is 13.1. The zero-order chi connectivity index (χ0) is 13.1. The summed E-state index contributed by atoms with van der Waals surface area (Å²) in [4.78, 5) is 4.09. The minimum atomic E-state index is -0.0949. The number of halogens is 2. The van der Waals surface area contributed by atoms with Gasteiger partial charge < -0.3 is 15.0 Å². The topological polar surface area (TPSA) is 50.1 Å². The molecule has 1 heterocycles. The number of phenols is 1. The van der Waals surface area contributed by atoms with Crippen LogP contribution in [0.25, 0.3) is 0 Å². The van der Waals surface area contributed by atoms with Crippen LogP contribution in [0.15, 0.2) is 24.7 Å². The van der Waals surface area contributed by atoms with Gasteiger partial charge in [0.25, 0.3) is 0 Å². The van der Waals surface area contributed by atoms with Gasteiger partial charge in [-0.2, -0.15) is 0 Å². The summed E-state index contributed by atoms with van der Waals surface area (Å²) in [6.45, 7) is 3.54. The lowest BCUT2D eigenvalue weighted by molar-refractivity contribution is 0.476. The second-order valence-corrected chi connectivity index (χ2v) is 4.63. The van der Waals surface area contributed by atoms with Crippen molar-refractivity contribution in [3.63, 3.8) is 0 Å². The van der Waals surface area contributed by atoms with Crippen molar-refractivity contribution in [2.24, 2.45) is 0 Å². The molecular formula is C12H13Cl2N3O. The smallest absolute Gasteiger partial charge is 0.152 e. The van der Waals surface area contributed by atoms with Crippen LogP contribution in [0.4, 0.5) is 5.69 Å². The van der Waals surface area contributed by atoms with Gasteiger partial charge in [0.05, 0.1) is 28.6 Å². The molecule has 0 spiro atoms. The fourth-order valence-electron chi connectivity index (χ4n) is 1.64. The quantitative estimate of drug-likeness (QED) is 0.845. The maximum Gasteiger partial charge on any atom is 0.152 e. The fourth-order valence-corrected chi connectivity index (χ4v) is 2.13. The van der Waals surface area contributed by atoms with Gasteiger partial charge in [0.15, 0.2) is 5.75 Å². The zero-order valence-electron chi connectivity index (χ0n) is 9.82. The molecule has 0 atom stereocenters. The molecule has 0 saturated carbocycles. The van der Waals surface area contributed by atoms with E-state index in [1.54, 1.807) is 24.7 Å². The second kappa shape index (κ2) is 5.50. The van der Waals surface area contributed by atoms with Gasteiger partial charge in [-0.25, -0.2) is 4.98 Å². The Bertz CT molecular complexity index is 531. The van der Waals surface area contributed by atoms with Gasteiger partial charge in [-0.3, -0.25) is 0 Å². The Hall–Kier alpha value is -1.39. The van der Waals surface area contributed by atoms with E-state index in [2.05, 4.69) is 17.2 Å². The van der Waals surface area contributed by atoms with Gasteiger partial charge in [-0.15, -0.1) is 0 Å². The van der Waals surface area contributed by atoms with E-state index in [1.165, 1.54) is 0 Å². The Labute approximate surface area is 115 Å². The number of hydrogen-bond donors (Lipinski definition) is 2. The number of aromatic nitrogens is 2. The Morgan fingerprint density at radius 3 is 2.61 bits per heavy atom. The summed E-state index contributed by atoms with van der Waals surface area (Å²) >= 11 is 11.7. The molecule has 6 heteroatoms. The molecule has 1 aromatic heterocycles. The molecule has 2 rings (SSSR count). The lowest BCUT2D eigenvalue weighted by Crippen LogP contribution is -2.05. The van der Waals surface area contributed by atoms with Gasteiger partial charge in [-0.1, -0.05) is 23.2 Å². The highest BCUT2D eigenvalue weighted by molar-refractivity contribution is 6.37. The first-order valence-corrected chi connectivity index (χ1v) is 6.28. The van der Waals surface area contributed by atoms with Crippen LogP contribution in [0.1, 0.15) is 12.6 Å². The van der Waals surface area contributed by atoms with Crippen LogP contribution in [-0.4, -0.2) is 14.7 Å². The van der Waals surface area contributed by atoms with Crippen LogP contribution in [0.2, 0.25) is 10.0 Å². The lowest BCUT2D eigenvalue weighted by atomic mass is 10.3. The highest BCUT2D eigenvalue weighted by Gasteiger charge is 2.07. The van der Waals surface area contributed by atoms with E-state index in [0.717, 1.165) is 17.9 Å².